The highest BCUT2D eigenvalue weighted by molar-refractivity contribution is 5.76. The molecule has 1 rings (SSSR count). The summed E-state index contributed by atoms with van der Waals surface area (Å²) in [5, 5.41) is 3.19. The van der Waals surface area contributed by atoms with Crippen LogP contribution in [0.3, 0.4) is 0 Å². The van der Waals surface area contributed by atoms with E-state index in [0.29, 0.717) is 0 Å². The molecule has 1 fully saturated rings. The second kappa shape index (κ2) is 3.54. The molecule has 1 atom stereocenters. The number of rotatable bonds is 1. The first kappa shape index (κ1) is 11.5. The zero-order chi connectivity index (χ0) is 11.0. The van der Waals surface area contributed by atoms with E-state index in [0.717, 1.165) is 13.0 Å². The SMILES string of the molecule is CC1(C)CN[C@H](C(=O)OC(C)(C)C)C1. The van der Waals surface area contributed by atoms with E-state index in [-0.39, 0.29) is 23.0 Å². The van der Waals surface area contributed by atoms with Crippen molar-refractivity contribution in [2.45, 2.75) is 52.7 Å². The molecule has 3 heteroatoms. The normalized spacial score (nSPS) is 26.2. The molecule has 0 bridgehead atoms. The van der Waals surface area contributed by atoms with Crippen molar-refractivity contribution in [1.82, 2.24) is 5.32 Å². The number of hydrogen-bond acceptors (Lipinski definition) is 3. The summed E-state index contributed by atoms with van der Waals surface area (Å²) in [6.07, 6.45) is 0.863. The maximum Gasteiger partial charge on any atom is 0.323 e. The molecule has 0 amide bonds. The number of carbonyl (C=O) groups excluding carboxylic acids is 1. The fourth-order valence-corrected chi connectivity index (χ4v) is 1.64. The fraction of sp³-hybridized carbons (Fsp3) is 0.909. The third kappa shape index (κ3) is 3.29. The van der Waals surface area contributed by atoms with Crippen molar-refractivity contribution in [3.63, 3.8) is 0 Å². The largest absolute Gasteiger partial charge is 0.459 e. The summed E-state index contributed by atoms with van der Waals surface area (Å²) in [5.74, 6) is -0.122. The molecule has 0 saturated carbocycles. The summed E-state index contributed by atoms with van der Waals surface area (Å²) < 4.78 is 5.31. The van der Waals surface area contributed by atoms with Gasteiger partial charge in [-0.05, 0) is 32.6 Å². The minimum atomic E-state index is -0.383. The van der Waals surface area contributed by atoms with Crippen molar-refractivity contribution >= 4 is 5.97 Å². The third-order valence-corrected chi connectivity index (χ3v) is 2.28. The molecule has 1 heterocycles. The highest BCUT2D eigenvalue weighted by Gasteiger charge is 2.36. The molecule has 0 aromatic heterocycles. The van der Waals surface area contributed by atoms with E-state index in [4.69, 9.17) is 4.74 Å². The summed E-state index contributed by atoms with van der Waals surface area (Å²) in [7, 11) is 0. The summed E-state index contributed by atoms with van der Waals surface area (Å²) in [5.41, 5.74) is -0.174. The van der Waals surface area contributed by atoms with Crippen molar-refractivity contribution < 1.29 is 9.53 Å². The number of ether oxygens (including phenoxy) is 1. The molecule has 14 heavy (non-hydrogen) atoms. The lowest BCUT2D eigenvalue weighted by atomic mass is 9.91. The van der Waals surface area contributed by atoms with Gasteiger partial charge in [0.15, 0.2) is 0 Å². The van der Waals surface area contributed by atoms with E-state index in [1.165, 1.54) is 0 Å². The van der Waals surface area contributed by atoms with Gasteiger partial charge in [0.2, 0.25) is 0 Å². The second-order valence-corrected chi connectivity index (χ2v) is 5.84. The van der Waals surface area contributed by atoms with Gasteiger partial charge in [0, 0.05) is 6.54 Å². The molecule has 0 aliphatic carbocycles. The molecule has 0 unspecified atom stereocenters. The molecule has 1 saturated heterocycles. The molecule has 0 aromatic rings. The smallest absolute Gasteiger partial charge is 0.323 e. The van der Waals surface area contributed by atoms with Crippen LogP contribution in [0, 0.1) is 5.41 Å². The van der Waals surface area contributed by atoms with Gasteiger partial charge in [-0.3, -0.25) is 4.79 Å². The van der Waals surface area contributed by atoms with Crippen LogP contribution in [0.2, 0.25) is 0 Å². The van der Waals surface area contributed by atoms with Crippen LogP contribution in [-0.2, 0) is 9.53 Å². The van der Waals surface area contributed by atoms with Crippen LogP contribution in [0.25, 0.3) is 0 Å². The van der Waals surface area contributed by atoms with Gasteiger partial charge < -0.3 is 10.1 Å². The van der Waals surface area contributed by atoms with E-state index in [1.807, 2.05) is 20.8 Å². The Hall–Kier alpha value is -0.570. The highest BCUT2D eigenvalue weighted by atomic mass is 16.6. The van der Waals surface area contributed by atoms with Crippen LogP contribution < -0.4 is 5.32 Å². The monoisotopic (exact) mass is 199 g/mol. The van der Waals surface area contributed by atoms with E-state index < -0.39 is 0 Å². The fourth-order valence-electron chi connectivity index (χ4n) is 1.64. The average molecular weight is 199 g/mol. The Kier molecular flexibility index (Phi) is 2.91. The van der Waals surface area contributed by atoms with Gasteiger partial charge in [-0.25, -0.2) is 0 Å². The lowest BCUT2D eigenvalue weighted by molar-refractivity contribution is -0.157. The molecular weight excluding hydrogens is 178 g/mol. The number of esters is 1. The van der Waals surface area contributed by atoms with Gasteiger partial charge >= 0.3 is 5.97 Å². The Bertz CT molecular complexity index is 228. The Morgan fingerprint density at radius 3 is 2.36 bits per heavy atom. The molecule has 3 nitrogen and oxygen atoms in total. The molecule has 82 valence electrons. The maximum atomic E-state index is 11.7. The molecule has 1 aliphatic heterocycles. The number of nitrogens with one attached hydrogen (secondary N) is 1. The lowest BCUT2D eigenvalue weighted by Crippen LogP contribution is -2.37. The van der Waals surface area contributed by atoms with Gasteiger partial charge in [0.1, 0.15) is 11.6 Å². The highest BCUT2D eigenvalue weighted by Crippen LogP contribution is 2.28. The van der Waals surface area contributed by atoms with Crippen LogP contribution in [0.5, 0.6) is 0 Å². The van der Waals surface area contributed by atoms with Crippen molar-refractivity contribution in [3.05, 3.63) is 0 Å². The summed E-state index contributed by atoms with van der Waals surface area (Å²) >= 11 is 0. The molecule has 1 aliphatic rings. The Morgan fingerprint density at radius 2 is 2.00 bits per heavy atom. The predicted octanol–water partition coefficient (Wildman–Crippen LogP) is 1.72. The Balaban J connectivity index is 2.48. The van der Waals surface area contributed by atoms with Gasteiger partial charge in [-0.1, -0.05) is 13.8 Å². The molecule has 0 aromatic carbocycles. The predicted molar refractivity (Wildman–Crippen MR) is 56.0 cm³/mol. The lowest BCUT2D eigenvalue weighted by Gasteiger charge is -2.22. The van der Waals surface area contributed by atoms with Crippen molar-refractivity contribution in [2.75, 3.05) is 6.54 Å². The van der Waals surface area contributed by atoms with Crippen LogP contribution >= 0.6 is 0 Å². The van der Waals surface area contributed by atoms with Crippen LogP contribution in [0.15, 0.2) is 0 Å². The van der Waals surface area contributed by atoms with E-state index in [9.17, 15) is 4.79 Å². The van der Waals surface area contributed by atoms with Gasteiger partial charge in [0.05, 0.1) is 0 Å². The van der Waals surface area contributed by atoms with Crippen molar-refractivity contribution in [2.24, 2.45) is 5.41 Å². The molecule has 1 N–H and O–H groups in total. The molecule has 0 radical (unpaired) electrons. The second-order valence-electron chi connectivity index (χ2n) is 5.84. The summed E-state index contributed by atoms with van der Waals surface area (Å²) in [6.45, 7) is 10.9. The number of hydrogen-bond donors (Lipinski definition) is 1. The van der Waals surface area contributed by atoms with Crippen LogP contribution in [0.4, 0.5) is 0 Å². The van der Waals surface area contributed by atoms with Gasteiger partial charge in [-0.15, -0.1) is 0 Å². The average Bonchev–Trinajstić information content (AvgIpc) is 2.26. The molecule has 0 spiro atoms. The van der Waals surface area contributed by atoms with E-state index in [2.05, 4.69) is 19.2 Å². The topological polar surface area (TPSA) is 38.3 Å². The zero-order valence-corrected chi connectivity index (χ0v) is 9.81. The zero-order valence-electron chi connectivity index (χ0n) is 9.81. The van der Waals surface area contributed by atoms with Crippen LogP contribution in [0.1, 0.15) is 41.0 Å². The van der Waals surface area contributed by atoms with Crippen molar-refractivity contribution in [1.29, 1.82) is 0 Å². The first-order valence-electron chi connectivity index (χ1n) is 5.16. The van der Waals surface area contributed by atoms with E-state index >= 15 is 0 Å². The summed E-state index contributed by atoms with van der Waals surface area (Å²) in [6, 6.07) is -0.121. The third-order valence-electron chi connectivity index (χ3n) is 2.28. The number of carbonyl (C=O) groups is 1. The quantitative estimate of drug-likeness (QED) is 0.653. The first-order chi connectivity index (χ1) is 6.20. The van der Waals surface area contributed by atoms with Gasteiger partial charge in [-0.2, -0.15) is 0 Å². The minimum absolute atomic E-state index is 0.121. The molecular formula is C11H21NO2. The van der Waals surface area contributed by atoms with Gasteiger partial charge in [0.25, 0.3) is 0 Å². The van der Waals surface area contributed by atoms with Crippen LogP contribution in [-0.4, -0.2) is 24.2 Å². The standard InChI is InChI=1S/C11H21NO2/c1-10(2,3)14-9(13)8-6-11(4,5)7-12-8/h8,12H,6-7H2,1-5H3/t8-/m0/s1. The van der Waals surface area contributed by atoms with Crippen molar-refractivity contribution in [3.8, 4) is 0 Å². The minimum Gasteiger partial charge on any atom is -0.459 e. The Morgan fingerprint density at radius 1 is 1.43 bits per heavy atom. The summed E-state index contributed by atoms with van der Waals surface area (Å²) in [4.78, 5) is 11.7. The van der Waals surface area contributed by atoms with E-state index in [1.54, 1.807) is 0 Å². The maximum absolute atomic E-state index is 11.7. The first-order valence-corrected chi connectivity index (χ1v) is 5.16. The Labute approximate surface area is 86.2 Å².